The lowest BCUT2D eigenvalue weighted by Crippen LogP contribution is -2.39. The molecule has 2 aliphatic carbocycles. The minimum absolute atomic E-state index is 0.0236. The average Bonchev–Trinajstić information content (AvgIpc) is 2.74. The van der Waals surface area contributed by atoms with Gasteiger partial charge < -0.3 is 9.84 Å². The Balaban J connectivity index is 2.05. The van der Waals surface area contributed by atoms with Crippen LogP contribution in [0.2, 0.25) is 0 Å². The summed E-state index contributed by atoms with van der Waals surface area (Å²) in [4.78, 5) is 23.6. The number of ketones is 1. The molecule has 102 valence electrons. The zero-order chi connectivity index (χ0) is 13.9. The average molecular weight is 262 g/mol. The van der Waals surface area contributed by atoms with Crippen LogP contribution in [-0.4, -0.2) is 28.6 Å². The van der Waals surface area contributed by atoms with Crippen molar-refractivity contribution < 1.29 is 19.4 Å². The van der Waals surface area contributed by atoms with Crippen LogP contribution in [0.5, 0.6) is 0 Å². The Morgan fingerprint density at radius 3 is 2.68 bits per heavy atom. The van der Waals surface area contributed by atoms with Gasteiger partial charge in [-0.2, -0.15) is 0 Å². The number of aliphatic hydroxyl groups is 1. The summed E-state index contributed by atoms with van der Waals surface area (Å²) in [6.45, 7) is 9.42. The number of esters is 1. The van der Waals surface area contributed by atoms with Gasteiger partial charge in [0.15, 0.2) is 5.78 Å². The molecule has 4 heteroatoms. The molecule has 4 nitrogen and oxygen atoms in total. The normalized spacial score (nSPS) is 45.8. The fourth-order valence-electron chi connectivity index (χ4n) is 3.85. The molecule has 1 saturated heterocycles. The van der Waals surface area contributed by atoms with Crippen molar-refractivity contribution in [3.05, 3.63) is 24.3 Å². The summed E-state index contributed by atoms with van der Waals surface area (Å²) >= 11 is 0. The van der Waals surface area contributed by atoms with Crippen molar-refractivity contribution in [1.29, 1.82) is 0 Å². The van der Waals surface area contributed by atoms with Gasteiger partial charge >= 0.3 is 5.97 Å². The van der Waals surface area contributed by atoms with E-state index in [0.29, 0.717) is 30.4 Å². The largest absolute Gasteiger partial charge is 0.458 e. The third kappa shape index (κ3) is 1.62. The van der Waals surface area contributed by atoms with Crippen molar-refractivity contribution in [3.63, 3.8) is 0 Å². The number of hydrogen-bond acceptors (Lipinski definition) is 4. The Labute approximate surface area is 112 Å². The van der Waals surface area contributed by atoms with E-state index >= 15 is 0 Å². The molecule has 0 radical (unpaired) electrons. The summed E-state index contributed by atoms with van der Waals surface area (Å²) in [5.74, 6) is -0.969. The van der Waals surface area contributed by atoms with Crippen molar-refractivity contribution in [2.24, 2.45) is 17.8 Å². The molecular weight excluding hydrogens is 244 g/mol. The van der Waals surface area contributed by atoms with E-state index in [4.69, 9.17) is 4.74 Å². The first-order valence-electron chi connectivity index (χ1n) is 6.67. The van der Waals surface area contributed by atoms with Crippen LogP contribution in [0.25, 0.3) is 0 Å². The molecule has 2 saturated carbocycles. The number of fused-ring (bicyclic) bond motifs is 3. The molecule has 0 amide bonds. The zero-order valence-electron chi connectivity index (χ0n) is 11.0. The lowest BCUT2D eigenvalue weighted by molar-refractivity contribution is -0.142. The summed E-state index contributed by atoms with van der Waals surface area (Å²) in [6, 6.07) is 0. The molecule has 5 atom stereocenters. The maximum atomic E-state index is 11.9. The van der Waals surface area contributed by atoms with Crippen molar-refractivity contribution in [2.45, 2.75) is 37.9 Å². The highest BCUT2D eigenvalue weighted by atomic mass is 16.6. The van der Waals surface area contributed by atoms with Gasteiger partial charge in [0.05, 0.1) is 5.60 Å². The fraction of sp³-hybridized carbons (Fsp3) is 0.600. The second-order valence-electron chi connectivity index (χ2n) is 6.18. The highest BCUT2D eigenvalue weighted by Gasteiger charge is 2.57. The molecule has 19 heavy (non-hydrogen) atoms. The quantitative estimate of drug-likeness (QED) is 0.529. The molecule has 3 fully saturated rings. The molecule has 3 rings (SSSR count). The van der Waals surface area contributed by atoms with Gasteiger partial charge in [0.2, 0.25) is 0 Å². The Kier molecular flexibility index (Phi) is 2.52. The van der Waals surface area contributed by atoms with E-state index in [-0.39, 0.29) is 35.6 Å². The molecule has 0 spiro atoms. The third-order valence-corrected chi connectivity index (χ3v) is 5.06. The molecule has 1 N–H and O–H groups in total. The van der Waals surface area contributed by atoms with Crippen LogP contribution in [0, 0.1) is 17.8 Å². The fourth-order valence-corrected chi connectivity index (χ4v) is 3.85. The second-order valence-corrected chi connectivity index (χ2v) is 6.18. The number of Topliss-reactive ketones (excluding diaryl/α,β-unsaturated/α-hetero) is 1. The van der Waals surface area contributed by atoms with E-state index in [1.165, 1.54) is 0 Å². The maximum absolute atomic E-state index is 11.9. The van der Waals surface area contributed by atoms with Gasteiger partial charge in [-0.05, 0) is 25.3 Å². The van der Waals surface area contributed by atoms with Gasteiger partial charge in [-0.25, -0.2) is 4.79 Å². The first kappa shape index (κ1) is 12.6. The lowest BCUT2D eigenvalue weighted by Gasteiger charge is -2.32. The minimum Gasteiger partial charge on any atom is -0.458 e. The predicted molar refractivity (Wildman–Crippen MR) is 68.1 cm³/mol. The van der Waals surface area contributed by atoms with Crippen LogP contribution in [-0.2, 0) is 14.3 Å². The van der Waals surface area contributed by atoms with Crippen molar-refractivity contribution in [3.8, 4) is 0 Å². The summed E-state index contributed by atoms with van der Waals surface area (Å²) in [5, 5.41) is 10.6. The van der Waals surface area contributed by atoms with Crippen molar-refractivity contribution in [1.82, 2.24) is 0 Å². The molecule has 2 unspecified atom stereocenters. The molecule has 3 aliphatic rings. The molecule has 0 aromatic rings. The Morgan fingerprint density at radius 2 is 2.00 bits per heavy atom. The number of carbonyl (C=O) groups excluding carboxylic acids is 2. The second kappa shape index (κ2) is 3.79. The number of ether oxygens (including phenoxy) is 1. The van der Waals surface area contributed by atoms with Crippen LogP contribution in [0.15, 0.2) is 24.3 Å². The third-order valence-electron chi connectivity index (χ3n) is 5.06. The number of rotatable bonds is 0. The van der Waals surface area contributed by atoms with Gasteiger partial charge in [-0.15, -0.1) is 0 Å². The van der Waals surface area contributed by atoms with Crippen LogP contribution in [0.1, 0.15) is 26.2 Å². The van der Waals surface area contributed by atoms with E-state index in [2.05, 4.69) is 13.2 Å². The van der Waals surface area contributed by atoms with Crippen LogP contribution >= 0.6 is 0 Å². The smallest absolute Gasteiger partial charge is 0.334 e. The molecule has 1 aliphatic heterocycles. The van der Waals surface area contributed by atoms with E-state index in [1.807, 2.05) is 0 Å². The summed E-state index contributed by atoms with van der Waals surface area (Å²) in [7, 11) is 0. The molecule has 0 aromatic heterocycles. The first-order valence-corrected chi connectivity index (χ1v) is 6.67. The van der Waals surface area contributed by atoms with E-state index in [0.717, 1.165) is 0 Å². The Bertz CT molecular complexity index is 502. The Hall–Kier alpha value is -1.42. The van der Waals surface area contributed by atoms with Gasteiger partial charge in [0.25, 0.3) is 0 Å². The van der Waals surface area contributed by atoms with Gasteiger partial charge in [-0.3, -0.25) is 4.79 Å². The lowest BCUT2D eigenvalue weighted by atomic mass is 9.78. The minimum atomic E-state index is -0.920. The van der Waals surface area contributed by atoms with Crippen LogP contribution in [0.3, 0.4) is 0 Å². The van der Waals surface area contributed by atoms with Gasteiger partial charge in [-0.1, -0.05) is 13.2 Å². The highest BCUT2D eigenvalue weighted by molar-refractivity contribution is 5.99. The van der Waals surface area contributed by atoms with Crippen molar-refractivity contribution in [2.75, 3.05) is 0 Å². The van der Waals surface area contributed by atoms with E-state index in [1.54, 1.807) is 6.92 Å². The zero-order valence-corrected chi connectivity index (χ0v) is 11.0. The van der Waals surface area contributed by atoms with E-state index < -0.39 is 5.60 Å². The summed E-state index contributed by atoms with van der Waals surface area (Å²) in [5.41, 5.74) is 0.0369. The SMILES string of the molecule is C=C1C(=O)CC2C1[C@H]1OC(=O)C(=C)[C@@H]1CC[C@@]2(C)O. The monoisotopic (exact) mass is 262 g/mol. The van der Waals surface area contributed by atoms with E-state index in [9.17, 15) is 14.7 Å². The number of hydrogen-bond donors (Lipinski definition) is 1. The van der Waals surface area contributed by atoms with Crippen molar-refractivity contribution >= 4 is 11.8 Å². The maximum Gasteiger partial charge on any atom is 0.334 e. The molecule has 0 aromatic carbocycles. The molecule has 1 heterocycles. The van der Waals surface area contributed by atoms with Gasteiger partial charge in [0.1, 0.15) is 6.10 Å². The highest BCUT2D eigenvalue weighted by Crippen LogP contribution is 2.52. The summed E-state index contributed by atoms with van der Waals surface area (Å²) < 4.78 is 5.42. The van der Waals surface area contributed by atoms with Crippen LogP contribution in [0.4, 0.5) is 0 Å². The Morgan fingerprint density at radius 1 is 1.32 bits per heavy atom. The van der Waals surface area contributed by atoms with Crippen LogP contribution < -0.4 is 0 Å². The molecule has 0 bridgehead atoms. The van der Waals surface area contributed by atoms with Gasteiger partial charge in [0, 0.05) is 29.7 Å². The topological polar surface area (TPSA) is 63.6 Å². The standard InChI is InChI=1S/C15H18O4/c1-7-9-4-5-15(3,18)10-6-11(16)8(2)12(10)13(9)19-14(7)17/h9-10,12-13,18H,1-2,4-6H2,3H3/t9-,10?,12?,13-,15+/m0/s1. The number of carbonyl (C=O) groups is 2. The molecular formula is C15H18O4. The summed E-state index contributed by atoms with van der Waals surface area (Å²) in [6.07, 6.45) is 1.13. The predicted octanol–water partition coefficient (Wildman–Crippen LogP) is 1.39. The first-order chi connectivity index (χ1) is 8.83.